The van der Waals surface area contributed by atoms with Gasteiger partial charge in [0.1, 0.15) is 0 Å². The van der Waals surface area contributed by atoms with Gasteiger partial charge in [0, 0.05) is 11.1 Å². The Balaban J connectivity index is 2.10. The fraction of sp³-hybridized carbons (Fsp3) is 0.222. The van der Waals surface area contributed by atoms with Crippen molar-refractivity contribution in [3.05, 3.63) is 23.5 Å². The molecule has 6 nitrogen and oxygen atoms in total. The molecule has 0 aromatic carbocycles. The molecule has 0 fully saturated rings. The molecule has 2 N–H and O–H groups in total. The molecule has 2 heterocycles. The van der Waals surface area contributed by atoms with Crippen molar-refractivity contribution in [3.63, 3.8) is 0 Å². The largest absolute Gasteiger partial charge is 0.505 e. The third-order valence-corrected chi connectivity index (χ3v) is 2.94. The van der Waals surface area contributed by atoms with Crippen LogP contribution in [0.5, 0.6) is 5.75 Å². The zero-order valence-corrected chi connectivity index (χ0v) is 9.02. The molecule has 0 aliphatic rings. The van der Waals surface area contributed by atoms with Crippen molar-refractivity contribution < 1.29 is 15.0 Å². The van der Waals surface area contributed by atoms with E-state index in [1.165, 1.54) is 28.4 Å². The molecule has 0 saturated carbocycles. The van der Waals surface area contributed by atoms with Gasteiger partial charge in [-0.15, -0.1) is 0 Å². The van der Waals surface area contributed by atoms with E-state index in [4.69, 9.17) is 10.2 Å². The highest BCUT2D eigenvalue weighted by atomic mass is 32.1. The van der Waals surface area contributed by atoms with Crippen LogP contribution in [0.1, 0.15) is 11.3 Å². The second-order valence-corrected chi connectivity index (χ2v) is 4.24. The standard InChI is InChI=1S/C9H9N3O3S/c13-6-3-11-12(5-6)9-10-4-7(16-9)1-2-8(14)15/h3-5,13H,1-2H2,(H,14,15). The topological polar surface area (TPSA) is 88.2 Å². The lowest BCUT2D eigenvalue weighted by Crippen LogP contribution is -1.95. The van der Waals surface area contributed by atoms with Crippen molar-refractivity contribution in [2.75, 3.05) is 0 Å². The highest BCUT2D eigenvalue weighted by molar-refractivity contribution is 7.14. The van der Waals surface area contributed by atoms with Gasteiger partial charge in [-0.05, 0) is 6.42 Å². The molecule has 0 aliphatic heterocycles. The molecule has 0 unspecified atom stereocenters. The number of hydrogen-bond acceptors (Lipinski definition) is 5. The van der Waals surface area contributed by atoms with Crippen molar-refractivity contribution in [1.29, 1.82) is 0 Å². The Morgan fingerprint density at radius 3 is 2.94 bits per heavy atom. The van der Waals surface area contributed by atoms with Gasteiger partial charge < -0.3 is 10.2 Å². The Hall–Kier alpha value is -1.89. The molecule has 16 heavy (non-hydrogen) atoms. The molecule has 0 radical (unpaired) electrons. The SMILES string of the molecule is O=C(O)CCc1cnc(-n2cc(O)cn2)s1. The number of aromatic hydroxyl groups is 1. The van der Waals surface area contributed by atoms with Crippen molar-refractivity contribution in [2.24, 2.45) is 0 Å². The molecule has 0 atom stereocenters. The zero-order valence-electron chi connectivity index (χ0n) is 8.20. The number of carboxylic acid groups (broad SMARTS) is 1. The number of carbonyl (C=O) groups is 1. The molecule has 0 aliphatic carbocycles. The predicted molar refractivity (Wildman–Crippen MR) is 56.9 cm³/mol. The van der Waals surface area contributed by atoms with Crippen LogP contribution in [-0.2, 0) is 11.2 Å². The number of hydrogen-bond donors (Lipinski definition) is 2. The summed E-state index contributed by atoms with van der Waals surface area (Å²) >= 11 is 1.36. The van der Waals surface area contributed by atoms with Gasteiger partial charge in [-0.1, -0.05) is 11.3 Å². The molecular weight excluding hydrogens is 230 g/mol. The quantitative estimate of drug-likeness (QED) is 0.832. The number of nitrogens with zero attached hydrogens (tertiary/aromatic N) is 3. The number of aryl methyl sites for hydroxylation is 1. The molecule has 7 heteroatoms. The van der Waals surface area contributed by atoms with Crippen LogP contribution in [0.2, 0.25) is 0 Å². The summed E-state index contributed by atoms with van der Waals surface area (Å²) in [6.07, 6.45) is 4.94. The van der Waals surface area contributed by atoms with E-state index in [1.54, 1.807) is 6.20 Å². The van der Waals surface area contributed by atoms with Gasteiger partial charge in [0.15, 0.2) is 5.75 Å². The molecule has 84 valence electrons. The maximum absolute atomic E-state index is 10.4. The highest BCUT2D eigenvalue weighted by Crippen LogP contribution is 2.19. The summed E-state index contributed by atoms with van der Waals surface area (Å²) in [6, 6.07) is 0. The first kappa shape index (κ1) is 10.6. The Labute approximate surface area is 94.8 Å². The summed E-state index contributed by atoms with van der Waals surface area (Å²) < 4.78 is 1.45. The lowest BCUT2D eigenvalue weighted by Gasteiger charge is -1.92. The molecule has 2 aromatic heterocycles. The van der Waals surface area contributed by atoms with E-state index in [0.717, 1.165) is 4.88 Å². The van der Waals surface area contributed by atoms with Crippen LogP contribution < -0.4 is 0 Å². The molecule has 0 saturated heterocycles. The van der Waals surface area contributed by atoms with Crippen LogP contribution >= 0.6 is 11.3 Å². The van der Waals surface area contributed by atoms with Gasteiger partial charge in [-0.25, -0.2) is 9.67 Å². The van der Waals surface area contributed by atoms with Crippen molar-refractivity contribution in [1.82, 2.24) is 14.8 Å². The lowest BCUT2D eigenvalue weighted by atomic mass is 10.3. The zero-order chi connectivity index (χ0) is 11.5. The van der Waals surface area contributed by atoms with E-state index in [2.05, 4.69) is 10.1 Å². The fourth-order valence-corrected chi connectivity index (χ4v) is 2.01. The number of carboxylic acids is 1. The smallest absolute Gasteiger partial charge is 0.303 e. The van der Waals surface area contributed by atoms with Crippen LogP contribution in [0.3, 0.4) is 0 Å². The summed E-state index contributed by atoms with van der Waals surface area (Å²) in [7, 11) is 0. The normalized spacial score (nSPS) is 10.5. The van der Waals surface area contributed by atoms with Crippen LogP contribution in [0.25, 0.3) is 5.13 Å². The van der Waals surface area contributed by atoms with Gasteiger partial charge in [0.25, 0.3) is 0 Å². The summed E-state index contributed by atoms with van der Waals surface area (Å²) in [6.45, 7) is 0. The Morgan fingerprint density at radius 1 is 1.50 bits per heavy atom. The minimum atomic E-state index is -0.827. The van der Waals surface area contributed by atoms with Gasteiger partial charge >= 0.3 is 5.97 Å². The number of thiazole rings is 1. The molecule has 0 spiro atoms. The third kappa shape index (κ3) is 2.37. The summed E-state index contributed by atoms with van der Waals surface area (Å²) in [5.41, 5.74) is 0. The van der Waals surface area contributed by atoms with E-state index in [1.807, 2.05) is 0 Å². The summed E-state index contributed by atoms with van der Waals surface area (Å²) in [5, 5.41) is 22.2. The van der Waals surface area contributed by atoms with Crippen molar-refractivity contribution in [2.45, 2.75) is 12.8 Å². The van der Waals surface area contributed by atoms with Crippen LogP contribution in [0, 0.1) is 0 Å². The van der Waals surface area contributed by atoms with Gasteiger partial charge in [-0.3, -0.25) is 4.79 Å². The van der Waals surface area contributed by atoms with Crippen molar-refractivity contribution in [3.8, 4) is 10.9 Å². The summed E-state index contributed by atoms with van der Waals surface area (Å²) in [5.74, 6) is -0.756. The predicted octanol–water partition coefficient (Wildman–Crippen LogP) is 1.05. The highest BCUT2D eigenvalue weighted by Gasteiger charge is 2.07. The minimum Gasteiger partial charge on any atom is -0.505 e. The lowest BCUT2D eigenvalue weighted by molar-refractivity contribution is -0.136. The Bertz CT molecular complexity index is 506. The van der Waals surface area contributed by atoms with Gasteiger partial charge in [0.2, 0.25) is 5.13 Å². The van der Waals surface area contributed by atoms with E-state index in [-0.39, 0.29) is 12.2 Å². The molecular formula is C9H9N3O3S. The van der Waals surface area contributed by atoms with Crippen molar-refractivity contribution >= 4 is 17.3 Å². The van der Waals surface area contributed by atoms with E-state index < -0.39 is 5.97 Å². The van der Waals surface area contributed by atoms with Crippen LogP contribution in [0.4, 0.5) is 0 Å². The Kier molecular flexibility index (Phi) is 2.86. The summed E-state index contributed by atoms with van der Waals surface area (Å²) in [4.78, 5) is 15.4. The van der Waals surface area contributed by atoms with E-state index >= 15 is 0 Å². The maximum atomic E-state index is 10.4. The second kappa shape index (κ2) is 4.31. The van der Waals surface area contributed by atoms with E-state index in [0.29, 0.717) is 11.6 Å². The number of rotatable bonds is 4. The van der Waals surface area contributed by atoms with Gasteiger partial charge in [0.05, 0.1) is 18.8 Å². The average Bonchev–Trinajstić information content (AvgIpc) is 2.83. The number of aromatic nitrogens is 3. The Morgan fingerprint density at radius 2 is 2.31 bits per heavy atom. The third-order valence-electron chi connectivity index (χ3n) is 1.89. The molecule has 2 aromatic rings. The van der Waals surface area contributed by atoms with Gasteiger partial charge in [-0.2, -0.15) is 5.10 Å². The minimum absolute atomic E-state index is 0.0716. The average molecular weight is 239 g/mol. The first-order valence-corrected chi connectivity index (χ1v) is 5.37. The maximum Gasteiger partial charge on any atom is 0.303 e. The second-order valence-electron chi connectivity index (χ2n) is 3.15. The monoisotopic (exact) mass is 239 g/mol. The van der Waals surface area contributed by atoms with Crippen LogP contribution in [-0.4, -0.2) is 30.9 Å². The molecule has 0 amide bonds. The fourth-order valence-electron chi connectivity index (χ4n) is 1.17. The van der Waals surface area contributed by atoms with Crippen LogP contribution in [0.15, 0.2) is 18.6 Å². The number of aliphatic carboxylic acids is 1. The first-order valence-electron chi connectivity index (χ1n) is 4.55. The molecule has 0 bridgehead atoms. The first-order chi connectivity index (χ1) is 7.65. The van der Waals surface area contributed by atoms with E-state index in [9.17, 15) is 4.79 Å². The molecule has 2 rings (SSSR count).